The summed E-state index contributed by atoms with van der Waals surface area (Å²) in [6.45, 7) is 5.34. The van der Waals surface area contributed by atoms with Crippen molar-refractivity contribution in [3.8, 4) is 5.75 Å². The van der Waals surface area contributed by atoms with Crippen LogP contribution in [0.5, 0.6) is 5.75 Å². The van der Waals surface area contributed by atoms with Gasteiger partial charge in [0.15, 0.2) is 5.82 Å². The van der Waals surface area contributed by atoms with E-state index >= 15 is 0 Å². The number of nitrogens with one attached hydrogen (secondary N) is 2. The van der Waals surface area contributed by atoms with Crippen LogP contribution >= 0.6 is 0 Å². The SMILES string of the molecule is CCC(=O)N(/C(=C/NCc1ccc(OC)cc1)N=N)C1CCN(CCc2ccccc2)CC1. The molecule has 2 aromatic carbocycles. The lowest BCUT2D eigenvalue weighted by Crippen LogP contribution is -2.47. The number of rotatable bonds is 11. The fraction of sp³-hybridized carbons (Fsp3) is 0.423. The van der Waals surface area contributed by atoms with Crippen LogP contribution in [0.15, 0.2) is 71.7 Å². The van der Waals surface area contributed by atoms with Crippen molar-refractivity contribution in [2.24, 2.45) is 5.11 Å². The Morgan fingerprint density at radius 3 is 2.45 bits per heavy atom. The van der Waals surface area contributed by atoms with Gasteiger partial charge in [-0.3, -0.25) is 9.69 Å². The van der Waals surface area contributed by atoms with Gasteiger partial charge in [0.05, 0.1) is 7.11 Å². The Labute approximate surface area is 196 Å². The molecule has 0 saturated carbocycles. The summed E-state index contributed by atoms with van der Waals surface area (Å²) in [6, 6.07) is 18.4. The summed E-state index contributed by atoms with van der Waals surface area (Å²) in [4.78, 5) is 17.0. The molecule has 176 valence electrons. The Morgan fingerprint density at radius 2 is 1.85 bits per heavy atom. The number of carbonyl (C=O) groups is 1. The average Bonchev–Trinajstić information content (AvgIpc) is 2.88. The number of likely N-dealkylation sites (tertiary alicyclic amines) is 1. The first-order valence-electron chi connectivity index (χ1n) is 11.7. The summed E-state index contributed by atoms with van der Waals surface area (Å²) in [5.41, 5.74) is 10.1. The molecule has 0 aliphatic carbocycles. The molecule has 7 nitrogen and oxygen atoms in total. The van der Waals surface area contributed by atoms with Crippen LogP contribution in [0.1, 0.15) is 37.3 Å². The highest BCUT2D eigenvalue weighted by Crippen LogP contribution is 2.23. The van der Waals surface area contributed by atoms with E-state index in [1.807, 2.05) is 37.3 Å². The molecule has 0 unspecified atom stereocenters. The van der Waals surface area contributed by atoms with Crippen molar-refractivity contribution in [1.82, 2.24) is 15.1 Å². The minimum atomic E-state index is 0.00577. The molecular weight excluding hydrogens is 414 g/mol. The van der Waals surface area contributed by atoms with Gasteiger partial charge in [0, 0.05) is 44.8 Å². The number of ether oxygens (including phenoxy) is 1. The third kappa shape index (κ3) is 7.15. The minimum Gasteiger partial charge on any atom is -0.497 e. The second kappa shape index (κ2) is 12.7. The zero-order chi connectivity index (χ0) is 23.5. The topological polar surface area (TPSA) is 81.0 Å². The van der Waals surface area contributed by atoms with Crippen LogP contribution in [0.3, 0.4) is 0 Å². The van der Waals surface area contributed by atoms with Gasteiger partial charge in [-0.25, -0.2) is 5.53 Å². The number of amides is 1. The first-order chi connectivity index (χ1) is 16.1. The molecule has 1 saturated heterocycles. The number of nitrogens with zero attached hydrogens (tertiary/aromatic N) is 3. The molecule has 1 amide bonds. The largest absolute Gasteiger partial charge is 0.497 e. The standard InChI is InChI=1S/C26H35N5O2/c1-3-26(32)31(25(29-27)20-28-19-22-9-11-24(33-2)12-10-22)23-14-17-30(18-15-23)16-13-21-7-5-4-6-8-21/h4-12,20,23,27-28H,3,13-19H2,1-2H3/b25-20+,29-27?. The van der Waals surface area contributed by atoms with E-state index in [1.54, 1.807) is 18.2 Å². The minimum absolute atomic E-state index is 0.00577. The Morgan fingerprint density at radius 1 is 1.15 bits per heavy atom. The van der Waals surface area contributed by atoms with E-state index in [4.69, 9.17) is 10.3 Å². The van der Waals surface area contributed by atoms with Crippen molar-refractivity contribution in [1.29, 1.82) is 5.53 Å². The highest BCUT2D eigenvalue weighted by atomic mass is 16.5. The van der Waals surface area contributed by atoms with Gasteiger partial charge < -0.3 is 15.0 Å². The zero-order valence-corrected chi connectivity index (χ0v) is 19.7. The maximum absolute atomic E-state index is 12.8. The number of methoxy groups -OCH3 is 1. The summed E-state index contributed by atoms with van der Waals surface area (Å²) in [7, 11) is 1.64. The first kappa shape index (κ1) is 24.5. The third-order valence-electron chi connectivity index (χ3n) is 6.11. The van der Waals surface area contributed by atoms with Crippen LogP contribution in [0, 0.1) is 5.53 Å². The zero-order valence-electron chi connectivity index (χ0n) is 19.7. The van der Waals surface area contributed by atoms with E-state index in [0.29, 0.717) is 18.8 Å². The number of benzene rings is 2. The highest BCUT2D eigenvalue weighted by molar-refractivity contribution is 5.78. The van der Waals surface area contributed by atoms with Gasteiger partial charge in [0.2, 0.25) is 5.91 Å². The smallest absolute Gasteiger partial charge is 0.228 e. The fourth-order valence-corrected chi connectivity index (χ4v) is 4.18. The van der Waals surface area contributed by atoms with Crippen LogP contribution in [0.2, 0.25) is 0 Å². The molecule has 0 bridgehead atoms. The molecule has 2 N–H and O–H groups in total. The van der Waals surface area contributed by atoms with Crippen molar-refractivity contribution in [2.45, 2.75) is 45.2 Å². The van der Waals surface area contributed by atoms with Crippen molar-refractivity contribution in [3.05, 3.63) is 77.7 Å². The molecular formula is C26H35N5O2. The summed E-state index contributed by atoms with van der Waals surface area (Å²) >= 11 is 0. The van der Waals surface area contributed by atoms with Crippen LogP contribution < -0.4 is 10.1 Å². The van der Waals surface area contributed by atoms with Gasteiger partial charge in [0.25, 0.3) is 0 Å². The van der Waals surface area contributed by atoms with Crippen molar-refractivity contribution >= 4 is 5.91 Å². The Balaban J connectivity index is 1.57. The lowest BCUT2D eigenvalue weighted by molar-refractivity contribution is -0.131. The van der Waals surface area contributed by atoms with Gasteiger partial charge in [0.1, 0.15) is 5.75 Å². The Kier molecular flexibility index (Phi) is 9.44. The number of hydrogen-bond donors (Lipinski definition) is 2. The quantitative estimate of drug-likeness (QED) is 0.493. The second-order valence-corrected chi connectivity index (χ2v) is 8.27. The van der Waals surface area contributed by atoms with E-state index in [1.165, 1.54) is 5.56 Å². The van der Waals surface area contributed by atoms with E-state index in [0.717, 1.165) is 50.2 Å². The maximum atomic E-state index is 12.8. The van der Waals surface area contributed by atoms with E-state index in [-0.39, 0.29) is 11.9 Å². The molecule has 0 atom stereocenters. The normalized spacial score (nSPS) is 15.2. The lowest BCUT2D eigenvalue weighted by atomic mass is 10.0. The monoisotopic (exact) mass is 449 g/mol. The molecule has 2 aromatic rings. The van der Waals surface area contributed by atoms with E-state index in [2.05, 4.69) is 39.6 Å². The van der Waals surface area contributed by atoms with Crippen molar-refractivity contribution in [3.63, 3.8) is 0 Å². The molecule has 0 aromatic heterocycles. The highest BCUT2D eigenvalue weighted by Gasteiger charge is 2.29. The summed E-state index contributed by atoms with van der Waals surface area (Å²) < 4.78 is 5.19. The maximum Gasteiger partial charge on any atom is 0.228 e. The lowest BCUT2D eigenvalue weighted by Gasteiger charge is -2.38. The summed E-state index contributed by atoms with van der Waals surface area (Å²) in [5, 5.41) is 6.92. The first-order valence-corrected chi connectivity index (χ1v) is 11.7. The molecule has 3 rings (SSSR count). The Hall–Kier alpha value is -3.19. The van der Waals surface area contributed by atoms with Gasteiger partial charge in [-0.15, -0.1) is 5.11 Å². The molecule has 1 fully saturated rings. The summed E-state index contributed by atoms with van der Waals surface area (Å²) in [6.07, 6.45) is 4.87. The van der Waals surface area contributed by atoms with Crippen molar-refractivity contribution < 1.29 is 9.53 Å². The van der Waals surface area contributed by atoms with Gasteiger partial charge in [-0.05, 0) is 42.5 Å². The molecule has 0 spiro atoms. The van der Waals surface area contributed by atoms with Gasteiger partial charge in [-0.1, -0.05) is 49.4 Å². The second-order valence-electron chi connectivity index (χ2n) is 8.27. The van der Waals surface area contributed by atoms with Gasteiger partial charge in [-0.2, -0.15) is 0 Å². The third-order valence-corrected chi connectivity index (χ3v) is 6.11. The molecule has 0 radical (unpaired) electrons. The predicted molar refractivity (Wildman–Crippen MR) is 130 cm³/mol. The summed E-state index contributed by atoms with van der Waals surface area (Å²) in [5.74, 6) is 1.19. The van der Waals surface area contributed by atoms with Gasteiger partial charge >= 0.3 is 0 Å². The van der Waals surface area contributed by atoms with Crippen LogP contribution in [-0.4, -0.2) is 48.5 Å². The van der Waals surface area contributed by atoms with Crippen LogP contribution in [0.25, 0.3) is 0 Å². The fourth-order valence-electron chi connectivity index (χ4n) is 4.18. The molecule has 33 heavy (non-hydrogen) atoms. The van der Waals surface area contributed by atoms with Crippen LogP contribution in [-0.2, 0) is 17.8 Å². The molecule has 1 heterocycles. The molecule has 7 heteroatoms. The number of hydrogen-bond acceptors (Lipinski definition) is 6. The van der Waals surface area contributed by atoms with E-state index in [9.17, 15) is 4.79 Å². The van der Waals surface area contributed by atoms with Crippen LogP contribution in [0.4, 0.5) is 0 Å². The Bertz CT molecular complexity index is 906. The molecule has 1 aliphatic rings. The van der Waals surface area contributed by atoms with Crippen molar-refractivity contribution in [2.75, 3.05) is 26.7 Å². The number of piperidine rings is 1. The van der Waals surface area contributed by atoms with E-state index < -0.39 is 0 Å². The predicted octanol–water partition coefficient (Wildman–Crippen LogP) is 4.56. The average molecular weight is 450 g/mol. The number of carbonyl (C=O) groups excluding carboxylic acids is 1. The molecule has 1 aliphatic heterocycles.